The summed E-state index contributed by atoms with van der Waals surface area (Å²) in [6.07, 6.45) is 0.751. The largest absolute Gasteiger partial charge is 0.389 e. The molecule has 5 nitrogen and oxygen atoms in total. The molecule has 1 rings (SSSR count). The Labute approximate surface area is 118 Å². The van der Waals surface area contributed by atoms with Gasteiger partial charge in [-0.3, -0.25) is 9.80 Å². The van der Waals surface area contributed by atoms with Crippen molar-refractivity contribution in [3.63, 3.8) is 0 Å². The first kappa shape index (κ1) is 16.9. The number of rotatable bonds is 7. The van der Waals surface area contributed by atoms with Crippen molar-refractivity contribution in [3.8, 4) is 0 Å². The van der Waals surface area contributed by atoms with E-state index in [2.05, 4.69) is 35.7 Å². The molecule has 1 heterocycles. The predicted molar refractivity (Wildman–Crippen MR) is 80.3 cm³/mol. The lowest BCUT2D eigenvalue weighted by molar-refractivity contribution is 0.0156. The summed E-state index contributed by atoms with van der Waals surface area (Å²) < 4.78 is 0. The molecule has 19 heavy (non-hydrogen) atoms. The summed E-state index contributed by atoms with van der Waals surface area (Å²) in [6.45, 7) is 11.1. The van der Waals surface area contributed by atoms with E-state index in [4.69, 9.17) is 5.73 Å². The zero-order chi connectivity index (χ0) is 14.5. The van der Waals surface area contributed by atoms with E-state index in [1.54, 1.807) is 0 Å². The fourth-order valence-electron chi connectivity index (χ4n) is 2.62. The molecule has 0 bridgehead atoms. The van der Waals surface area contributed by atoms with Gasteiger partial charge in [-0.2, -0.15) is 0 Å². The molecule has 0 aromatic heterocycles. The summed E-state index contributed by atoms with van der Waals surface area (Å²) in [4.78, 5) is 7.22. The van der Waals surface area contributed by atoms with Crippen molar-refractivity contribution in [1.82, 2.24) is 14.7 Å². The lowest BCUT2D eigenvalue weighted by Gasteiger charge is -2.40. The second-order valence-corrected chi connectivity index (χ2v) is 6.44. The first-order valence-electron chi connectivity index (χ1n) is 7.37. The van der Waals surface area contributed by atoms with Crippen LogP contribution in [0, 0.1) is 0 Å². The van der Waals surface area contributed by atoms with Crippen LogP contribution < -0.4 is 5.73 Å². The summed E-state index contributed by atoms with van der Waals surface area (Å²) in [6, 6.07) is 0.398. The maximum atomic E-state index is 10.1. The zero-order valence-corrected chi connectivity index (χ0v) is 13.1. The Morgan fingerprint density at radius 2 is 1.84 bits per heavy atom. The minimum atomic E-state index is -0.735. The molecule has 0 radical (unpaired) electrons. The van der Waals surface area contributed by atoms with Gasteiger partial charge in [0.05, 0.1) is 5.60 Å². The Balaban J connectivity index is 2.29. The van der Waals surface area contributed by atoms with Crippen LogP contribution in [0.5, 0.6) is 0 Å². The standard InChI is InChI=1S/C14H32N4O/c1-13(11-14(2,19)12-15)18-9-7-17(8-10-18)6-5-16(3)4/h13,19H,5-12,15H2,1-4H3. The van der Waals surface area contributed by atoms with E-state index in [0.717, 1.165) is 45.7 Å². The molecule has 3 N–H and O–H groups in total. The minimum absolute atomic E-state index is 0.333. The number of hydrogen-bond acceptors (Lipinski definition) is 5. The van der Waals surface area contributed by atoms with E-state index in [1.165, 1.54) is 0 Å². The van der Waals surface area contributed by atoms with Crippen molar-refractivity contribution in [2.45, 2.75) is 31.9 Å². The Hall–Kier alpha value is -0.200. The molecule has 0 saturated carbocycles. The summed E-state index contributed by atoms with van der Waals surface area (Å²) in [5.41, 5.74) is 4.86. The number of nitrogens with zero attached hydrogens (tertiary/aromatic N) is 3. The highest BCUT2D eigenvalue weighted by atomic mass is 16.3. The minimum Gasteiger partial charge on any atom is -0.389 e. The Morgan fingerprint density at radius 1 is 1.26 bits per heavy atom. The molecule has 0 aromatic rings. The van der Waals surface area contributed by atoms with Gasteiger partial charge in [0.25, 0.3) is 0 Å². The molecule has 0 aromatic carbocycles. The molecule has 1 fully saturated rings. The molecule has 114 valence electrons. The molecule has 0 spiro atoms. The predicted octanol–water partition coefficient (Wildman–Crippen LogP) is -0.346. The third-order valence-electron chi connectivity index (χ3n) is 4.07. The first-order valence-corrected chi connectivity index (χ1v) is 7.37. The summed E-state index contributed by atoms with van der Waals surface area (Å²) >= 11 is 0. The maximum absolute atomic E-state index is 10.1. The maximum Gasteiger partial charge on any atom is 0.0756 e. The SMILES string of the molecule is CC(CC(C)(O)CN)N1CCN(CCN(C)C)CC1. The van der Waals surface area contributed by atoms with Gasteiger partial charge in [-0.1, -0.05) is 0 Å². The Kier molecular flexibility index (Phi) is 6.69. The van der Waals surface area contributed by atoms with E-state index < -0.39 is 5.60 Å². The van der Waals surface area contributed by atoms with Crippen LogP contribution in [-0.4, -0.2) is 91.4 Å². The number of likely N-dealkylation sites (N-methyl/N-ethyl adjacent to an activating group) is 1. The summed E-state index contributed by atoms with van der Waals surface area (Å²) in [7, 11) is 4.24. The molecule has 2 unspecified atom stereocenters. The average molecular weight is 272 g/mol. The molecule has 0 amide bonds. The monoisotopic (exact) mass is 272 g/mol. The van der Waals surface area contributed by atoms with Crippen molar-refractivity contribution < 1.29 is 5.11 Å². The quantitative estimate of drug-likeness (QED) is 0.664. The Bertz CT molecular complexity index is 250. The highest BCUT2D eigenvalue weighted by Gasteiger charge is 2.27. The molecule has 0 aliphatic carbocycles. The van der Waals surface area contributed by atoms with E-state index in [0.29, 0.717) is 12.6 Å². The van der Waals surface area contributed by atoms with Gasteiger partial charge in [-0.15, -0.1) is 0 Å². The molecule has 2 atom stereocenters. The average Bonchev–Trinajstić information content (AvgIpc) is 2.36. The van der Waals surface area contributed by atoms with Crippen LogP contribution in [0.2, 0.25) is 0 Å². The van der Waals surface area contributed by atoms with Gasteiger partial charge in [0.1, 0.15) is 0 Å². The van der Waals surface area contributed by atoms with Gasteiger partial charge >= 0.3 is 0 Å². The number of hydrogen-bond donors (Lipinski definition) is 2. The van der Waals surface area contributed by atoms with Crippen LogP contribution in [0.25, 0.3) is 0 Å². The van der Waals surface area contributed by atoms with Gasteiger partial charge in [0, 0.05) is 51.9 Å². The van der Waals surface area contributed by atoms with Crippen molar-refractivity contribution in [2.24, 2.45) is 5.73 Å². The smallest absolute Gasteiger partial charge is 0.0756 e. The van der Waals surface area contributed by atoms with Crippen LogP contribution in [0.15, 0.2) is 0 Å². The first-order chi connectivity index (χ1) is 8.84. The number of piperazine rings is 1. The van der Waals surface area contributed by atoms with E-state index in [-0.39, 0.29) is 0 Å². The number of nitrogens with two attached hydrogens (primary N) is 1. The van der Waals surface area contributed by atoms with Crippen molar-refractivity contribution in [3.05, 3.63) is 0 Å². The summed E-state index contributed by atoms with van der Waals surface area (Å²) in [5, 5.41) is 10.1. The van der Waals surface area contributed by atoms with Gasteiger partial charge < -0.3 is 15.7 Å². The second kappa shape index (κ2) is 7.55. The molecule has 1 aliphatic heterocycles. The van der Waals surface area contributed by atoms with Crippen LogP contribution in [0.3, 0.4) is 0 Å². The lowest BCUT2D eigenvalue weighted by atomic mass is 9.96. The van der Waals surface area contributed by atoms with Gasteiger partial charge in [0.15, 0.2) is 0 Å². The van der Waals surface area contributed by atoms with E-state index in [9.17, 15) is 5.11 Å². The normalized spacial score (nSPS) is 23.5. The van der Waals surface area contributed by atoms with Crippen molar-refractivity contribution in [2.75, 3.05) is 59.9 Å². The zero-order valence-electron chi connectivity index (χ0n) is 13.1. The lowest BCUT2D eigenvalue weighted by Crippen LogP contribution is -2.52. The molecule has 1 saturated heterocycles. The van der Waals surface area contributed by atoms with Gasteiger partial charge in [-0.05, 0) is 34.4 Å². The fourth-order valence-corrected chi connectivity index (χ4v) is 2.62. The van der Waals surface area contributed by atoms with Gasteiger partial charge in [0.2, 0.25) is 0 Å². The third-order valence-corrected chi connectivity index (χ3v) is 4.07. The van der Waals surface area contributed by atoms with Crippen molar-refractivity contribution in [1.29, 1.82) is 0 Å². The van der Waals surface area contributed by atoms with Crippen LogP contribution in [-0.2, 0) is 0 Å². The summed E-state index contributed by atoms with van der Waals surface area (Å²) in [5.74, 6) is 0. The number of aliphatic hydroxyl groups is 1. The van der Waals surface area contributed by atoms with E-state index >= 15 is 0 Å². The molecular weight excluding hydrogens is 240 g/mol. The Morgan fingerprint density at radius 3 is 2.32 bits per heavy atom. The highest BCUT2D eigenvalue weighted by molar-refractivity contribution is 4.83. The molecular formula is C14H32N4O. The highest BCUT2D eigenvalue weighted by Crippen LogP contribution is 2.16. The van der Waals surface area contributed by atoms with Crippen molar-refractivity contribution >= 4 is 0 Å². The van der Waals surface area contributed by atoms with Crippen LogP contribution in [0.4, 0.5) is 0 Å². The third kappa shape index (κ3) is 6.19. The molecule has 5 heteroatoms. The van der Waals surface area contributed by atoms with E-state index in [1.807, 2.05) is 6.92 Å². The van der Waals surface area contributed by atoms with Gasteiger partial charge in [-0.25, -0.2) is 0 Å². The fraction of sp³-hybridized carbons (Fsp3) is 1.00. The topological polar surface area (TPSA) is 56.0 Å². The molecule has 1 aliphatic rings. The van der Waals surface area contributed by atoms with Crippen LogP contribution >= 0.6 is 0 Å². The second-order valence-electron chi connectivity index (χ2n) is 6.44. The van der Waals surface area contributed by atoms with Crippen LogP contribution in [0.1, 0.15) is 20.3 Å².